The van der Waals surface area contributed by atoms with E-state index in [1.54, 1.807) is 17.9 Å². The number of nitrogens with one attached hydrogen (secondary N) is 3. The Labute approximate surface area is 162 Å². The smallest absolute Gasteiger partial charge is 0.322 e. The molecular formula is C18H24N6O4. The van der Waals surface area contributed by atoms with Gasteiger partial charge in [-0.05, 0) is 38.7 Å². The molecule has 3 rings (SSSR count). The molecule has 1 aromatic rings. The van der Waals surface area contributed by atoms with E-state index in [-0.39, 0.29) is 24.2 Å². The Morgan fingerprint density at radius 3 is 2.54 bits per heavy atom. The van der Waals surface area contributed by atoms with Gasteiger partial charge in [-0.15, -0.1) is 0 Å². The van der Waals surface area contributed by atoms with Crippen molar-refractivity contribution in [2.75, 3.05) is 19.6 Å². The Kier molecular flexibility index (Phi) is 5.86. The second-order valence-corrected chi connectivity index (χ2v) is 7.20. The van der Waals surface area contributed by atoms with Crippen molar-refractivity contribution >= 4 is 23.8 Å². The van der Waals surface area contributed by atoms with Crippen LogP contribution in [0.3, 0.4) is 0 Å². The second-order valence-electron chi connectivity index (χ2n) is 7.20. The number of carbonyl (C=O) groups is 4. The fourth-order valence-electron chi connectivity index (χ4n) is 3.45. The van der Waals surface area contributed by atoms with Crippen molar-refractivity contribution in [2.45, 2.75) is 39.2 Å². The second kappa shape index (κ2) is 8.32. The molecule has 0 aromatic carbocycles. The standard InChI is InChI=1S/C18H24N6O4/c1-10-7-13(21-11(2)20-10)16(26)19-9-12-3-5-24(6-4-12)15(25)8-14-17(27)23-18(28)22-14/h7,12,14H,3-6,8-9H2,1-2H3,(H,19,26)(H2,22,23,27,28). The molecule has 0 saturated carbocycles. The van der Waals surface area contributed by atoms with E-state index in [9.17, 15) is 19.2 Å². The van der Waals surface area contributed by atoms with Gasteiger partial charge >= 0.3 is 6.03 Å². The largest absolute Gasteiger partial charge is 0.350 e. The van der Waals surface area contributed by atoms with Crippen LogP contribution in [0.15, 0.2) is 6.07 Å². The van der Waals surface area contributed by atoms with Crippen LogP contribution in [0.5, 0.6) is 0 Å². The predicted molar refractivity (Wildman–Crippen MR) is 98.2 cm³/mol. The number of rotatable bonds is 5. The first-order valence-electron chi connectivity index (χ1n) is 9.31. The van der Waals surface area contributed by atoms with Crippen molar-refractivity contribution in [2.24, 2.45) is 5.92 Å². The fraction of sp³-hybridized carbons (Fsp3) is 0.556. The fourth-order valence-corrected chi connectivity index (χ4v) is 3.45. The van der Waals surface area contributed by atoms with E-state index >= 15 is 0 Å². The number of carbonyl (C=O) groups excluding carboxylic acids is 4. The van der Waals surface area contributed by atoms with Crippen LogP contribution in [0.4, 0.5) is 4.79 Å². The van der Waals surface area contributed by atoms with Gasteiger partial charge in [-0.2, -0.15) is 0 Å². The van der Waals surface area contributed by atoms with Crippen LogP contribution in [-0.4, -0.2) is 64.3 Å². The monoisotopic (exact) mass is 388 g/mol. The molecule has 2 saturated heterocycles. The van der Waals surface area contributed by atoms with E-state index in [0.29, 0.717) is 31.2 Å². The van der Waals surface area contributed by atoms with Gasteiger partial charge in [-0.1, -0.05) is 0 Å². The molecule has 150 valence electrons. The third-order valence-corrected chi connectivity index (χ3v) is 4.95. The molecular weight excluding hydrogens is 364 g/mol. The summed E-state index contributed by atoms with van der Waals surface area (Å²) in [7, 11) is 0. The van der Waals surface area contributed by atoms with Crippen LogP contribution in [0.25, 0.3) is 0 Å². The highest BCUT2D eigenvalue weighted by molar-refractivity contribution is 6.05. The summed E-state index contributed by atoms with van der Waals surface area (Å²) in [5.41, 5.74) is 1.10. The van der Waals surface area contributed by atoms with Gasteiger partial charge in [0.25, 0.3) is 11.8 Å². The minimum atomic E-state index is -0.795. The molecule has 10 heteroatoms. The maximum atomic E-state index is 12.3. The highest BCUT2D eigenvalue weighted by atomic mass is 16.2. The van der Waals surface area contributed by atoms with E-state index in [2.05, 4.69) is 25.9 Å². The molecule has 10 nitrogen and oxygen atoms in total. The number of urea groups is 1. The lowest BCUT2D eigenvalue weighted by Crippen LogP contribution is -2.44. The Balaban J connectivity index is 1.42. The average Bonchev–Trinajstić information content (AvgIpc) is 2.96. The van der Waals surface area contributed by atoms with Gasteiger partial charge in [0.1, 0.15) is 17.6 Å². The summed E-state index contributed by atoms with van der Waals surface area (Å²) in [5, 5.41) is 7.46. The SMILES string of the molecule is Cc1cc(C(=O)NCC2CCN(C(=O)CC3NC(=O)NC3=O)CC2)nc(C)n1. The first-order chi connectivity index (χ1) is 13.3. The first kappa shape index (κ1) is 19.7. The molecule has 2 fully saturated rings. The van der Waals surface area contributed by atoms with Crippen LogP contribution in [0, 0.1) is 19.8 Å². The van der Waals surface area contributed by atoms with E-state index in [0.717, 1.165) is 18.5 Å². The molecule has 3 heterocycles. The van der Waals surface area contributed by atoms with Crippen molar-refractivity contribution in [1.82, 2.24) is 30.8 Å². The summed E-state index contributed by atoms with van der Waals surface area (Å²) in [6, 6.07) is 0.296. The van der Waals surface area contributed by atoms with Crippen molar-refractivity contribution in [1.29, 1.82) is 0 Å². The maximum Gasteiger partial charge on any atom is 0.322 e. The Hall–Kier alpha value is -3.04. The van der Waals surface area contributed by atoms with Crippen LogP contribution in [0.1, 0.15) is 41.3 Å². The highest BCUT2D eigenvalue weighted by Gasteiger charge is 2.33. The summed E-state index contributed by atoms with van der Waals surface area (Å²) in [6.07, 6.45) is 1.49. The molecule has 1 aromatic heterocycles. The van der Waals surface area contributed by atoms with E-state index in [1.165, 1.54) is 0 Å². The number of imide groups is 1. The van der Waals surface area contributed by atoms with Gasteiger partial charge in [-0.25, -0.2) is 14.8 Å². The first-order valence-corrected chi connectivity index (χ1v) is 9.31. The normalized spacial score (nSPS) is 19.9. The van der Waals surface area contributed by atoms with Crippen LogP contribution in [0.2, 0.25) is 0 Å². The molecule has 5 amide bonds. The van der Waals surface area contributed by atoms with Crippen molar-refractivity contribution < 1.29 is 19.2 Å². The van der Waals surface area contributed by atoms with E-state index < -0.39 is 18.0 Å². The van der Waals surface area contributed by atoms with Crippen LogP contribution in [-0.2, 0) is 9.59 Å². The Bertz CT molecular complexity index is 783. The topological polar surface area (TPSA) is 133 Å². The van der Waals surface area contributed by atoms with Crippen molar-refractivity contribution in [3.8, 4) is 0 Å². The number of hydrogen-bond acceptors (Lipinski definition) is 6. The zero-order valence-corrected chi connectivity index (χ0v) is 15.9. The maximum absolute atomic E-state index is 12.3. The number of nitrogens with zero attached hydrogens (tertiary/aromatic N) is 3. The quantitative estimate of drug-likeness (QED) is 0.591. The lowest BCUT2D eigenvalue weighted by atomic mass is 9.96. The molecule has 28 heavy (non-hydrogen) atoms. The molecule has 3 N–H and O–H groups in total. The summed E-state index contributed by atoms with van der Waals surface area (Å²) in [6.45, 7) is 5.21. The Morgan fingerprint density at radius 2 is 1.93 bits per heavy atom. The number of aromatic nitrogens is 2. The lowest BCUT2D eigenvalue weighted by Gasteiger charge is -2.32. The number of likely N-dealkylation sites (tertiary alicyclic amines) is 1. The summed E-state index contributed by atoms with van der Waals surface area (Å²) in [4.78, 5) is 57.3. The summed E-state index contributed by atoms with van der Waals surface area (Å²) >= 11 is 0. The zero-order chi connectivity index (χ0) is 20.3. The van der Waals surface area contributed by atoms with Gasteiger partial charge in [0.05, 0.1) is 6.42 Å². The molecule has 1 unspecified atom stereocenters. The van der Waals surface area contributed by atoms with Gasteiger partial charge < -0.3 is 15.5 Å². The third kappa shape index (κ3) is 4.81. The highest BCUT2D eigenvalue weighted by Crippen LogP contribution is 2.18. The molecule has 2 aliphatic rings. The number of aryl methyl sites for hydroxylation is 2. The van der Waals surface area contributed by atoms with Gasteiger partial charge in [0.15, 0.2) is 0 Å². The van der Waals surface area contributed by atoms with Crippen molar-refractivity contribution in [3.63, 3.8) is 0 Å². The predicted octanol–water partition coefficient (Wildman–Crippen LogP) is -0.340. The van der Waals surface area contributed by atoms with Crippen LogP contribution < -0.4 is 16.0 Å². The molecule has 0 bridgehead atoms. The van der Waals surface area contributed by atoms with Gasteiger partial charge in [0.2, 0.25) is 5.91 Å². The minimum Gasteiger partial charge on any atom is -0.350 e. The van der Waals surface area contributed by atoms with Crippen molar-refractivity contribution in [3.05, 3.63) is 23.3 Å². The van der Waals surface area contributed by atoms with Crippen LogP contribution >= 0.6 is 0 Å². The number of amides is 5. The Morgan fingerprint density at radius 1 is 1.21 bits per heavy atom. The molecule has 1 atom stereocenters. The molecule has 0 radical (unpaired) electrons. The average molecular weight is 388 g/mol. The van der Waals surface area contributed by atoms with E-state index in [1.807, 2.05) is 6.92 Å². The molecule has 2 aliphatic heterocycles. The molecule has 0 aliphatic carbocycles. The molecule has 0 spiro atoms. The zero-order valence-electron chi connectivity index (χ0n) is 15.9. The van der Waals surface area contributed by atoms with E-state index in [4.69, 9.17) is 0 Å². The lowest BCUT2D eigenvalue weighted by molar-refractivity contribution is -0.135. The summed E-state index contributed by atoms with van der Waals surface area (Å²) in [5.74, 6) is -0.0198. The number of piperidine rings is 1. The summed E-state index contributed by atoms with van der Waals surface area (Å²) < 4.78 is 0. The van der Waals surface area contributed by atoms with Gasteiger partial charge in [0, 0.05) is 25.3 Å². The van der Waals surface area contributed by atoms with Gasteiger partial charge in [-0.3, -0.25) is 19.7 Å². The minimum absolute atomic E-state index is 0.0363. The number of hydrogen-bond donors (Lipinski definition) is 3. The third-order valence-electron chi connectivity index (χ3n) is 4.95.